The molecule has 0 unspecified atom stereocenters. The predicted molar refractivity (Wildman–Crippen MR) is 136 cm³/mol. The van der Waals surface area contributed by atoms with Crippen LogP contribution in [0.3, 0.4) is 0 Å². The van der Waals surface area contributed by atoms with Gasteiger partial charge in [0.05, 0.1) is 55.3 Å². The molecular weight excluding hydrogens is 505 g/mol. The Morgan fingerprint density at radius 3 is 2.26 bits per heavy atom. The summed E-state index contributed by atoms with van der Waals surface area (Å²) in [5.74, 6) is 0.687. The average molecular weight is 536 g/mol. The van der Waals surface area contributed by atoms with Gasteiger partial charge in [-0.1, -0.05) is 20.8 Å². The van der Waals surface area contributed by atoms with E-state index >= 15 is 4.39 Å². The largest absolute Gasteiger partial charge is 0.494 e. The molecule has 0 atom stereocenters. The number of halogens is 2. The molecule has 1 aliphatic heterocycles. The third-order valence-corrected chi connectivity index (χ3v) is 6.21. The molecule has 2 aromatic rings. The maximum Gasteiger partial charge on any atom is 0.197 e. The maximum atomic E-state index is 15.3. The van der Waals surface area contributed by atoms with Crippen molar-refractivity contribution in [2.75, 3.05) is 46.9 Å². The van der Waals surface area contributed by atoms with E-state index in [2.05, 4.69) is 40.9 Å². The minimum atomic E-state index is -0.570. The fourth-order valence-electron chi connectivity index (χ4n) is 4.17. The van der Waals surface area contributed by atoms with Crippen molar-refractivity contribution in [3.63, 3.8) is 0 Å². The lowest BCUT2D eigenvalue weighted by atomic mass is 9.84. The summed E-state index contributed by atoms with van der Waals surface area (Å²) in [4.78, 5) is 17.1. The third-order valence-electron chi connectivity index (χ3n) is 5.88. The van der Waals surface area contributed by atoms with Crippen LogP contribution in [0.25, 0.3) is 0 Å². The maximum absolute atomic E-state index is 15.3. The second-order valence-corrected chi connectivity index (χ2v) is 9.72. The van der Waals surface area contributed by atoms with E-state index in [0.29, 0.717) is 34.8 Å². The molecule has 3 rings (SSSR count). The summed E-state index contributed by atoms with van der Waals surface area (Å²) in [6.07, 6.45) is 0. The van der Waals surface area contributed by atoms with Crippen LogP contribution in [0.4, 0.5) is 10.1 Å². The van der Waals surface area contributed by atoms with Crippen LogP contribution in [-0.4, -0.2) is 58.5 Å². The number of carbonyl (C=O) groups excluding carboxylic acids is 1. The number of benzene rings is 2. The number of nitrogens with zero attached hydrogens (tertiary/aromatic N) is 3. The minimum absolute atomic E-state index is 0.00340. The number of amidine groups is 1. The van der Waals surface area contributed by atoms with Crippen LogP contribution in [0.1, 0.15) is 47.8 Å². The topological polar surface area (TPSA) is 63.6 Å². The molecule has 34 heavy (non-hydrogen) atoms. The highest BCUT2D eigenvalue weighted by atomic mass is 79.9. The monoisotopic (exact) mass is 535 g/mol. The standard InChI is InChI=1S/C25H31BrFN3O4/c1-25(2,3)16-9-14(10-17(29(4)5)22(16)33-7)18(31)13-30-12-15-11-19(32-6)23(34-8)21(27)20(15)24(30)28-26/h9-11H,12-13H2,1-8H3. The highest BCUT2D eigenvalue weighted by Gasteiger charge is 2.34. The lowest BCUT2D eigenvalue weighted by Crippen LogP contribution is -2.31. The molecule has 0 amide bonds. The number of ketones is 1. The number of anilines is 1. The Hall–Kier alpha value is -2.81. The molecule has 0 radical (unpaired) electrons. The number of methoxy groups -OCH3 is 3. The summed E-state index contributed by atoms with van der Waals surface area (Å²) in [6, 6.07) is 5.43. The number of hydrogen-bond acceptors (Lipinski definition) is 6. The molecule has 1 aliphatic rings. The van der Waals surface area contributed by atoms with Gasteiger partial charge in [-0.05, 0) is 29.2 Å². The van der Waals surface area contributed by atoms with Crippen molar-refractivity contribution in [3.8, 4) is 17.2 Å². The van der Waals surface area contributed by atoms with Gasteiger partial charge in [-0.15, -0.1) is 0 Å². The Balaban J connectivity index is 2.01. The van der Waals surface area contributed by atoms with E-state index in [-0.39, 0.29) is 23.5 Å². The van der Waals surface area contributed by atoms with Gasteiger partial charge < -0.3 is 24.0 Å². The van der Waals surface area contributed by atoms with Crippen LogP contribution < -0.4 is 19.1 Å². The zero-order valence-electron chi connectivity index (χ0n) is 20.9. The van der Waals surface area contributed by atoms with Crippen molar-refractivity contribution in [2.24, 2.45) is 4.02 Å². The van der Waals surface area contributed by atoms with Gasteiger partial charge in [-0.25, -0.2) is 4.39 Å². The normalized spacial score (nSPS) is 14.3. The van der Waals surface area contributed by atoms with Crippen LogP contribution >= 0.6 is 16.1 Å². The van der Waals surface area contributed by atoms with Crippen LogP contribution in [0.15, 0.2) is 22.2 Å². The fraction of sp³-hybridized carbons (Fsp3) is 0.440. The van der Waals surface area contributed by atoms with E-state index in [1.807, 2.05) is 31.1 Å². The number of fused-ring (bicyclic) bond motifs is 1. The smallest absolute Gasteiger partial charge is 0.197 e. The number of Topliss-reactive ketones (excluding diaryl/α,β-unsaturated/α-hetero) is 1. The second-order valence-electron chi connectivity index (χ2n) is 9.37. The van der Waals surface area contributed by atoms with Crippen LogP contribution in [0, 0.1) is 5.82 Å². The highest BCUT2D eigenvalue weighted by molar-refractivity contribution is 9.08. The SMILES string of the molecule is COc1cc2c(c(F)c1OC)C(=NBr)N(CC(=O)c1cc(N(C)C)c(OC)c(C(C)(C)C)c1)C2. The molecule has 0 saturated carbocycles. The van der Waals surface area contributed by atoms with E-state index in [4.69, 9.17) is 14.2 Å². The van der Waals surface area contributed by atoms with Crippen molar-refractivity contribution < 1.29 is 23.4 Å². The fourth-order valence-corrected chi connectivity index (χ4v) is 4.58. The van der Waals surface area contributed by atoms with Crippen LogP contribution in [0.5, 0.6) is 17.2 Å². The van der Waals surface area contributed by atoms with Gasteiger partial charge in [0.15, 0.2) is 23.1 Å². The van der Waals surface area contributed by atoms with E-state index in [9.17, 15) is 4.79 Å². The molecule has 0 aliphatic carbocycles. The molecule has 0 bridgehead atoms. The first-order chi connectivity index (χ1) is 16.0. The van der Waals surface area contributed by atoms with Crippen molar-refractivity contribution in [1.29, 1.82) is 0 Å². The Kier molecular flexibility index (Phi) is 7.45. The van der Waals surface area contributed by atoms with Crippen molar-refractivity contribution in [2.45, 2.75) is 32.7 Å². The quantitative estimate of drug-likeness (QED) is 0.466. The zero-order chi connectivity index (χ0) is 25.4. The van der Waals surface area contributed by atoms with Crippen LogP contribution in [-0.2, 0) is 12.0 Å². The third kappa shape index (κ3) is 4.58. The molecule has 0 spiro atoms. The summed E-state index contributed by atoms with van der Waals surface area (Å²) < 4.78 is 35.6. The van der Waals surface area contributed by atoms with Gasteiger partial charge in [0.2, 0.25) is 0 Å². The van der Waals surface area contributed by atoms with Crippen molar-refractivity contribution >= 4 is 33.5 Å². The Labute approximate surface area is 208 Å². The first-order valence-electron chi connectivity index (χ1n) is 10.8. The van der Waals surface area contributed by atoms with Gasteiger partial charge in [-0.3, -0.25) is 4.79 Å². The Morgan fingerprint density at radius 2 is 1.76 bits per heavy atom. The molecule has 184 valence electrons. The second kappa shape index (κ2) is 9.82. The first-order valence-corrected chi connectivity index (χ1v) is 11.5. The molecule has 0 saturated heterocycles. The zero-order valence-corrected chi connectivity index (χ0v) is 22.5. The first kappa shape index (κ1) is 25.8. The Bertz CT molecular complexity index is 1140. The number of carbonyl (C=O) groups is 1. The molecule has 1 heterocycles. The van der Waals surface area contributed by atoms with Gasteiger partial charge >= 0.3 is 0 Å². The number of hydrogen-bond donors (Lipinski definition) is 0. The number of rotatable bonds is 7. The molecule has 0 N–H and O–H groups in total. The van der Waals surface area contributed by atoms with E-state index in [1.165, 1.54) is 14.2 Å². The molecule has 9 heteroatoms. The van der Waals surface area contributed by atoms with E-state index in [0.717, 1.165) is 17.0 Å². The van der Waals surface area contributed by atoms with Crippen LogP contribution in [0.2, 0.25) is 0 Å². The van der Waals surface area contributed by atoms with E-state index < -0.39 is 5.82 Å². The molecule has 0 fully saturated rings. The lowest BCUT2D eigenvalue weighted by Gasteiger charge is -2.27. The van der Waals surface area contributed by atoms with Gasteiger partial charge in [0.25, 0.3) is 0 Å². The summed E-state index contributed by atoms with van der Waals surface area (Å²) in [5.41, 5.74) is 3.02. The van der Waals surface area contributed by atoms with E-state index in [1.54, 1.807) is 18.1 Å². The summed E-state index contributed by atoms with van der Waals surface area (Å²) >= 11 is 3.11. The number of ether oxygens (including phenoxy) is 3. The molecular formula is C25H31BrFN3O4. The average Bonchev–Trinajstić information content (AvgIpc) is 3.14. The predicted octanol–water partition coefficient (Wildman–Crippen LogP) is 4.97. The molecule has 0 aromatic heterocycles. The highest BCUT2D eigenvalue weighted by Crippen LogP contribution is 2.41. The van der Waals surface area contributed by atoms with Crippen molar-refractivity contribution in [3.05, 3.63) is 46.3 Å². The molecule has 7 nitrogen and oxygen atoms in total. The summed E-state index contributed by atoms with van der Waals surface area (Å²) in [6.45, 7) is 6.57. The van der Waals surface area contributed by atoms with Gasteiger partial charge in [-0.2, -0.15) is 4.02 Å². The van der Waals surface area contributed by atoms with Crippen molar-refractivity contribution in [1.82, 2.24) is 4.90 Å². The Morgan fingerprint density at radius 1 is 1.12 bits per heavy atom. The van der Waals surface area contributed by atoms with Gasteiger partial charge in [0.1, 0.15) is 11.6 Å². The minimum Gasteiger partial charge on any atom is -0.494 e. The van der Waals surface area contributed by atoms with Gasteiger partial charge in [0, 0.05) is 31.8 Å². The lowest BCUT2D eigenvalue weighted by molar-refractivity contribution is 0.0963. The summed E-state index contributed by atoms with van der Waals surface area (Å²) in [5, 5.41) is 0. The molecule has 2 aromatic carbocycles. The summed E-state index contributed by atoms with van der Waals surface area (Å²) in [7, 11) is 8.30.